The lowest BCUT2D eigenvalue weighted by Gasteiger charge is -2.40. The Hall–Kier alpha value is -8.32. The van der Waals surface area contributed by atoms with E-state index in [4.69, 9.17) is 43.0 Å². The smallest absolute Gasteiger partial charge is 0.410 e. The van der Waals surface area contributed by atoms with Gasteiger partial charge in [0.2, 0.25) is 0 Å². The Bertz CT molecular complexity index is 3180. The lowest BCUT2D eigenvalue weighted by atomic mass is 9.86. The maximum absolute atomic E-state index is 12.8. The minimum Gasteiger partial charge on any atom is -0.508 e. The third-order valence-electron chi connectivity index (χ3n) is 15.1. The topological polar surface area (TPSA) is 214 Å². The van der Waals surface area contributed by atoms with Gasteiger partial charge in [-0.25, -0.2) is 14.4 Å². The van der Waals surface area contributed by atoms with Crippen LogP contribution in [-0.2, 0) is 53.3 Å². The van der Waals surface area contributed by atoms with Crippen LogP contribution in [-0.4, -0.2) is 116 Å². The average Bonchev–Trinajstić information content (AvgIpc) is 0.926. The van der Waals surface area contributed by atoms with Gasteiger partial charge in [-0.3, -0.25) is 15.0 Å². The maximum Gasteiger partial charge on any atom is 0.410 e. The van der Waals surface area contributed by atoms with E-state index in [2.05, 4.69) is 80.8 Å². The number of methoxy groups -OCH3 is 3. The van der Waals surface area contributed by atoms with E-state index < -0.39 is 16.8 Å². The number of ether oxygens (including phenoxy) is 8. The first-order valence-corrected chi connectivity index (χ1v) is 31.3. The van der Waals surface area contributed by atoms with Gasteiger partial charge in [-0.15, -0.1) is 0 Å². The largest absolute Gasteiger partial charge is 0.508 e. The van der Waals surface area contributed by atoms with E-state index in [1.807, 2.05) is 119 Å². The minimum atomic E-state index is -0.511. The summed E-state index contributed by atoms with van der Waals surface area (Å²) < 4.78 is 44.4. The van der Waals surface area contributed by atoms with E-state index >= 15 is 0 Å². The van der Waals surface area contributed by atoms with Crippen LogP contribution in [0.4, 0.5) is 14.4 Å². The zero-order valence-electron chi connectivity index (χ0n) is 56.8. The minimum absolute atomic E-state index is 0.0100. The predicted molar refractivity (Wildman–Crippen MR) is 351 cm³/mol. The molecule has 3 aromatic heterocycles. The van der Waals surface area contributed by atoms with Crippen molar-refractivity contribution in [3.8, 4) is 34.5 Å². The highest BCUT2D eigenvalue weighted by molar-refractivity contribution is 5.71. The van der Waals surface area contributed by atoms with Gasteiger partial charge in [0.05, 0.1) is 46.1 Å². The zero-order valence-corrected chi connectivity index (χ0v) is 56.8. The number of benzene rings is 3. The fraction of sp³-hybridized carbons (Fsp3) is 0.500. The Morgan fingerprint density at radius 2 is 0.780 bits per heavy atom. The van der Waals surface area contributed by atoms with Gasteiger partial charge >= 0.3 is 18.3 Å². The SMILES string of the molecule is CC(C)[C@H]1c2ccc(O)cc2CCN1C(=O)OC(C)(C)C.COc1cccnc1CO.COc1cccnc1COc1ccc2c(c1)CCN(C(=O)OC(C)(C)C)[C@H]2C(C)C.COc1cccnc1COc1ccc2c(c1)CCN(C(=O)OC(C)(C)C)[C@H]2C(C)C. The number of phenolic OH excluding ortho intramolecular Hbond substituents is 1. The standard InChI is InChI=1S/2C24H32N2O4.C17H25NO3.C7H9NO2/c2*1-16(2)22-19-10-9-18(29-15-20-21(28-6)8-7-12-25-20)14-17(19)11-13-26(22)23(27)30-24(3,4)5;1-11(2)15-14-7-6-13(19)10-12(14)8-9-18(15)16(20)21-17(3,4)5;1-10-7-3-2-4-8-6(7)5-9/h2*7-10,12,14,16,22H,11,13,15H2,1-6H3;6-7,10-11,15,19H,8-9H2,1-5H3;2-4,9H,5H2,1H3/t2*22-;15-;/m000./s1. The van der Waals surface area contributed by atoms with Gasteiger partial charge in [0.25, 0.3) is 0 Å². The van der Waals surface area contributed by atoms with Crippen molar-refractivity contribution in [2.45, 2.75) is 178 Å². The summed E-state index contributed by atoms with van der Waals surface area (Å²) in [6.45, 7) is 32.2. The highest BCUT2D eigenvalue weighted by Gasteiger charge is 2.39. The van der Waals surface area contributed by atoms with Gasteiger partial charge in [0, 0.05) is 38.2 Å². The number of amides is 3. The molecule has 0 aliphatic carbocycles. The monoisotopic (exact) mass is 1250 g/mol. The van der Waals surface area contributed by atoms with E-state index in [1.165, 1.54) is 11.1 Å². The van der Waals surface area contributed by atoms with Gasteiger partial charge in [0.1, 0.15) is 81.6 Å². The van der Waals surface area contributed by atoms with Crippen molar-refractivity contribution in [3.05, 3.63) is 160 Å². The van der Waals surface area contributed by atoms with Gasteiger partial charge in [-0.1, -0.05) is 59.7 Å². The third-order valence-corrected chi connectivity index (χ3v) is 15.1. The molecule has 494 valence electrons. The van der Waals surface area contributed by atoms with Crippen molar-refractivity contribution in [3.63, 3.8) is 0 Å². The van der Waals surface area contributed by atoms with Gasteiger partial charge in [-0.2, -0.15) is 0 Å². The molecule has 6 heterocycles. The molecule has 0 fully saturated rings. The number of aromatic nitrogens is 3. The van der Waals surface area contributed by atoms with Gasteiger partial charge in [-0.05, 0) is 206 Å². The van der Waals surface area contributed by atoms with Gasteiger partial charge < -0.3 is 62.8 Å². The Morgan fingerprint density at radius 3 is 1.08 bits per heavy atom. The summed E-state index contributed by atoms with van der Waals surface area (Å²) in [7, 11) is 4.81. The summed E-state index contributed by atoms with van der Waals surface area (Å²) in [5, 5.41) is 18.3. The second kappa shape index (κ2) is 32.1. The second-order valence-corrected chi connectivity index (χ2v) is 26.6. The number of phenols is 1. The number of nitrogens with zero attached hydrogens (tertiary/aromatic N) is 6. The number of pyridine rings is 3. The molecule has 3 amide bonds. The lowest BCUT2D eigenvalue weighted by molar-refractivity contribution is 0.00784. The molecule has 19 nitrogen and oxygen atoms in total. The Labute approximate surface area is 539 Å². The first-order valence-electron chi connectivity index (χ1n) is 31.3. The molecule has 3 aromatic carbocycles. The first-order chi connectivity index (χ1) is 43.0. The molecule has 3 atom stereocenters. The normalized spacial score (nSPS) is 16.0. The number of carbonyl (C=O) groups excluding carboxylic acids is 3. The Morgan fingerprint density at radius 1 is 0.473 bits per heavy atom. The average molecular weight is 1260 g/mol. The highest BCUT2D eigenvalue weighted by Crippen LogP contribution is 2.41. The maximum atomic E-state index is 12.8. The summed E-state index contributed by atoms with van der Waals surface area (Å²) in [6.07, 6.45) is 6.58. The third kappa shape index (κ3) is 20.3. The fourth-order valence-electron chi connectivity index (χ4n) is 11.3. The van der Waals surface area contributed by atoms with Crippen molar-refractivity contribution >= 4 is 18.3 Å². The van der Waals surface area contributed by atoms with Crippen LogP contribution in [0.25, 0.3) is 0 Å². The van der Waals surface area contributed by atoms with E-state index in [9.17, 15) is 19.5 Å². The Kier molecular flexibility index (Phi) is 25.3. The molecule has 3 aliphatic rings. The molecule has 0 unspecified atom stereocenters. The van der Waals surface area contributed by atoms with E-state index in [1.54, 1.807) is 64.2 Å². The van der Waals surface area contributed by atoms with E-state index in [-0.39, 0.29) is 66.5 Å². The molecule has 19 heteroatoms. The van der Waals surface area contributed by atoms with Gasteiger partial charge in [0.15, 0.2) is 0 Å². The van der Waals surface area contributed by atoms with Crippen molar-refractivity contribution in [1.82, 2.24) is 29.7 Å². The molecule has 0 saturated carbocycles. The fourth-order valence-corrected chi connectivity index (χ4v) is 11.3. The first kappa shape index (κ1) is 71.8. The van der Waals surface area contributed by atoms with Crippen LogP contribution >= 0.6 is 0 Å². The lowest BCUT2D eigenvalue weighted by Crippen LogP contribution is -2.44. The summed E-state index contributed by atoms with van der Waals surface area (Å²) in [5.74, 6) is 4.71. The van der Waals surface area contributed by atoms with Crippen molar-refractivity contribution in [1.29, 1.82) is 0 Å². The van der Waals surface area contributed by atoms with Crippen LogP contribution in [0.1, 0.15) is 172 Å². The Balaban J connectivity index is 0.000000204. The molecular weight excluding hydrogens is 1160 g/mol. The highest BCUT2D eigenvalue weighted by atomic mass is 16.6. The van der Waals surface area contributed by atoms with Crippen molar-refractivity contribution < 1.29 is 62.5 Å². The number of aromatic hydroxyl groups is 1. The summed E-state index contributed by atoms with van der Waals surface area (Å²) in [5.41, 5.74) is 7.54. The number of hydrogen-bond acceptors (Lipinski definition) is 16. The second-order valence-electron chi connectivity index (χ2n) is 26.6. The van der Waals surface area contributed by atoms with E-state index in [0.717, 1.165) is 64.4 Å². The summed E-state index contributed by atoms with van der Waals surface area (Å²) in [4.78, 5) is 56.1. The van der Waals surface area contributed by atoms with Crippen LogP contribution in [0.3, 0.4) is 0 Å². The quantitative estimate of drug-likeness (QED) is 0.103. The molecule has 2 N–H and O–H groups in total. The number of rotatable bonds is 13. The molecule has 0 saturated heterocycles. The van der Waals surface area contributed by atoms with Crippen LogP contribution in [0, 0.1) is 17.8 Å². The summed E-state index contributed by atoms with van der Waals surface area (Å²) in [6, 6.07) is 28.5. The zero-order chi connectivity index (χ0) is 67.0. The molecular formula is C72H98N6O13. The predicted octanol–water partition coefficient (Wildman–Crippen LogP) is 14.8. The van der Waals surface area contributed by atoms with Crippen LogP contribution < -0.4 is 23.7 Å². The molecule has 9 rings (SSSR count). The number of carbonyl (C=O) groups is 3. The molecule has 3 aliphatic heterocycles. The summed E-state index contributed by atoms with van der Waals surface area (Å²) >= 11 is 0. The van der Waals surface area contributed by atoms with Crippen molar-refractivity contribution in [2.75, 3.05) is 41.0 Å². The molecule has 0 radical (unpaired) electrons. The number of aliphatic hydroxyl groups is 1. The van der Waals surface area contributed by atoms with Crippen LogP contribution in [0.15, 0.2) is 110 Å². The number of hydrogen-bond donors (Lipinski definition) is 2. The van der Waals surface area contributed by atoms with Crippen LogP contribution in [0.5, 0.6) is 34.5 Å². The van der Waals surface area contributed by atoms with E-state index in [0.29, 0.717) is 55.8 Å². The molecule has 0 spiro atoms. The number of aliphatic hydroxyl groups excluding tert-OH is 1. The number of fused-ring (bicyclic) bond motifs is 3. The van der Waals surface area contributed by atoms with Crippen molar-refractivity contribution in [2.24, 2.45) is 17.8 Å². The molecule has 91 heavy (non-hydrogen) atoms. The molecule has 0 bridgehead atoms. The molecule has 6 aromatic rings. The van der Waals surface area contributed by atoms with Crippen LogP contribution in [0.2, 0.25) is 0 Å².